The molecule has 4 nitrogen and oxygen atoms in total. The Morgan fingerprint density at radius 1 is 1.23 bits per heavy atom. The minimum atomic E-state index is -0.459. The normalized spacial score (nSPS) is 12.8. The zero-order valence-corrected chi connectivity index (χ0v) is 14.5. The summed E-state index contributed by atoms with van der Waals surface area (Å²) in [5.41, 5.74) is 2.06. The number of carbonyl (C=O) groups is 1. The average molecular weight is 306 g/mol. The first-order valence-electron chi connectivity index (χ1n) is 8.06. The van der Waals surface area contributed by atoms with Gasteiger partial charge in [-0.15, -0.1) is 0 Å². The van der Waals surface area contributed by atoms with Crippen LogP contribution in [0.5, 0.6) is 0 Å². The largest absolute Gasteiger partial charge is 0.444 e. The minimum Gasteiger partial charge on any atom is -0.444 e. The van der Waals surface area contributed by atoms with E-state index in [-0.39, 0.29) is 12.1 Å². The number of hydrogen-bond acceptors (Lipinski definition) is 3. The number of rotatable bonds is 7. The van der Waals surface area contributed by atoms with Crippen molar-refractivity contribution in [1.82, 2.24) is 10.6 Å². The van der Waals surface area contributed by atoms with Gasteiger partial charge < -0.3 is 15.4 Å². The zero-order chi connectivity index (χ0) is 16.6. The highest BCUT2D eigenvalue weighted by molar-refractivity contribution is 5.67. The third-order valence-corrected chi connectivity index (χ3v) is 3.24. The number of hydrogen-bond donors (Lipinski definition) is 2. The molecule has 0 aliphatic carbocycles. The molecule has 22 heavy (non-hydrogen) atoms. The molecule has 0 heterocycles. The van der Waals surface area contributed by atoms with E-state index in [1.54, 1.807) is 0 Å². The first-order chi connectivity index (χ1) is 10.3. The fourth-order valence-corrected chi connectivity index (χ4v) is 2.11. The monoisotopic (exact) mass is 306 g/mol. The van der Waals surface area contributed by atoms with E-state index in [2.05, 4.69) is 48.7 Å². The van der Waals surface area contributed by atoms with E-state index in [4.69, 9.17) is 4.74 Å². The van der Waals surface area contributed by atoms with Crippen LogP contribution in [0.1, 0.15) is 51.7 Å². The van der Waals surface area contributed by atoms with Gasteiger partial charge in [0.05, 0.1) is 0 Å². The van der Waals surface area contributed by atoms with Crippen molar-refractivity contribution in [3.63, 3.8) is 0 Å². The van der Waals surface area contributed by atoms with E-state index >= 15 is 0 Å². The molecule has 1 rings (SSSR count). The quantitative estimate of drug-likeness (QED) is 0.806. The van der Waals surface area contributed by atoms with Crippen molar-refractivity contribution in [3.05, 3.63) is 35.4 Å². The fourth-order valence-electron chi connectivity index (χ4n) is 2.11. The van der Waals surface area contributed by atoms with Gasteiger partial charge in [-0.1, -0.05) is 43.2 Å². The van der Waals surface area contributed by atoms with Gasteiger partial charge in [-0.3, -0.25) is 0 Å². The summed E-state index contributed by atoms with van der Waals surface area (Å²) in [5, 5.41) is 6.35. The average Bonchev–Trinajstić information content (AvgIpc) is 2.42. The van der Waals surface area contributed by atoms with Crippen molar-refractivity contribution < 1.29 is 9.53 Å². The number of benzene rings is 1. The highest BCUT2D eigenvalue weighted by atomic mass is 16.6. The number of carbonyl (C=O) groups excluding carboxylic acids is 1. The molecule has 0 aliphatic heterocycles. The molecule has 1 atom stereocenters. The lowest BCUT2D eigenvalue weighted by atomic mass is 10.1. The van der Waals surface area contributed by atoms with E-state index < -0.39 is 5.60 Å². The molecule has 0 radical (unpaired) electrons. The predicted molar refractivity (Wildman–Crippen MR) is 91.0 cm³/mol. The smallest absolute Gasteiger partial charge is 0.407 e. The highest BCUT2D eigenvalue weighted by Crippen LogP contribution is 2.07. The summed E-state index contributed by atoms with van der Waals surface area (Å²) in [6, 6.07) is 8.74. The summed E-state index contributed by atoms with van der Waals surface area (Å²) < 4.78 is 5.26. The van der Waals surface area contributed by atoms with Crippen LogP contribution in [-0.2, 0) is 11.3 Å². The molecule has 1 aromatic carbocycles. The van der Waals surface area contributed by atoms with Crippen molar-refractivity contribution in [3.8, 4) is 0 Å². The summed E-state index contributed by atoms with van der Waals surface area (Å²) in [4.78, 5) is 11.7. The van der Waals surface area contributed by atoms with Crippen LogP contribution in [0.25, 0.3) is 0 Å². The summed E-state index contributed by atoms with van der Waals surface area (Å²) >= 11 is 0. The molecule has 1 aromatic rings. The van der Waals surface area contributed by atoms with Gasteiger partial charge in [-0.2, -0.15) is 0 Å². The van der Waals surface area contributed by atoms with Gasteiger partial charge in [-0.25, -0.2) is 4.79 Å². The summed E-state index contributed by atoms with van der Waals surface area (Å²) in [7, 11) is 0. The van der Waals surface area contributed by atoms with E-state index in [1.807, 2.05) is 20.8 Å². The van der Waals surface area contributed by atoms with Gasteiger partial charge in [0.1, 0.15) is 5.60 Å². The van der Waals surface area contributed by atoms with E-state index in [1.165, 1.54) is 11.1 Å². The van der Waals surface area contributed by atoms with Crippen molar-refractivity contribution in [1.29, 1.82) is 0 Å². The van der Waals surface area contributed by atoms with Crippen LogP contribution in [0, 0.1) is 6.92 Å². The SMILES string of the molecule is CCCC(CNC(=O)OC(C)(C)C)NCc1ccc(C)cc1. The number of alkyl carbamates (subject to hydrolysis) is 1. The van der Waals surface area contributed by atoms with E-state index in [9.17, 15) is 4.79 Å². The molecule has 1 unspecified atom stereocenters. The molecule has 4 heteroatoms. The lowest BCUT2D eigenvalue weighted by Crippen LogP contribution is -2.42. The Morgan fingerprint density at radius 3 is 2.41 bits per heavy atom. The van der Waals surface area contributed by atoms with Crippen LogP contribution >= 0.6 is 0 Å². The van der Waals surface area contributed by atoms with E-state index in [0.717, 1.165) is 19.4 Å². The molecule has 2 N–H and O–H groups in total. The molecule has 0 bridgehead atoms. The van der Waals surface area contributed by atoms with Gasteiger partial charge in [0.25, 0.3) is 0 Å². The Hall–Kier alpha value is -1.55. The van der Waals surface area contributed by atoms with Crippen LogP contribution in [0.15, 0.2) is 24.3 Å². The topological polar surface area (TPSA) is 50.4 Å². The highest BCUT2D eigenvalue weighted by Gasteiger charge is 2.17. The maximum Gasteiger partial charge on any atom is 0.407 e. The Bertz CT molecular complexity index is 449. The Kier molecular flexibility index (Phi) is 7.39. The number of ether oxygens (including phenoxy) is 1. The number of nitrogens with one attached hydrogen (secondary N) is 2. The van der Waals surface area contributed by atoms with Gasteiger partial charge in [0.15, 0.2) is 0 Å². The molecule has 124 valence electrons. The number of amides is 1. The summed E-state index contributed by atoms with van der Waals surface area (Å²) in [6.07, 6.45) is 1.73. The van der Waals surface area contributed by atoms with Gasteiger partial charge in [0, 0.05) is 19.1 Å². The maximum atomic E-state index is 11.7. The molecule has 0 aromatic heterocycles. The minimum absolute atomic E-state index is 0.249. The van der Waals surface area contributed by atoms with Crippen molar-refractivity contribution in [2.24, 2.45) is 0 Å². The molecule has 0 spiro atoms. The summed E-state index contributed by atoms with van der Waals surface area (Å²) in [6.45, 7) is 11.2. The van der Waals surface area contributed by atoms with Gasteiger partial charge in [-0.05, 0) is 39.7 Å². The molecular formula is C18H30N2O2. The van der Waals surface area contributed by atoms with Crippen LogP contribution < -0.4 is 10.6 Å². The molecular weight excluding hydrogens is 276 g/mol. The lowest BCUT2D eigenvalue weighted by molar-refractivity contribution is 0.0521. The van der Waals surface area contributed by atoms with Crippen LogP contribution in [0.3, 0.4) is 0 Å². The Morgan fingerprint density at radius 2 is 1.86 bits per heavy atom. The van der Waals surface area contributed by atoms with Crippen LogP contribution in [0.4, 0.5) is 4.79 Å². The molecule has 1 amide bonds. The number of aryl methyl sites for hydroxylation is 1. The first-order valence-corrected chi connectivity index (χ1v) is 8.06. The first kappa shape index (κ1) is 18.5. The third kappa shape index (κ3) is 8.03. The van der Waals surface area contributed by atoms with Crippen molar-refractivity contribution >= 4 is 6.09 Å². The summed E-state index contributed by atoms with van der Waals surface area (Å²) in [5.74, 6) is 0. The van der Waals surface area contributed by atoms with Crippen LogP contribution in [-0.4, -0.2) is 24.3 Å². The molecule has 0 saturated carbocycles. The molecule has 0 saturated heterocycles. The molecule has 0 aliphatic rings. The van der Waals surface area contributed by atoms with Crippen LogP contribution in [0.2, 0.25) is 0 Å². The second-order valence-corrected chi connectivity index (χ2v) is 6.73. The van der Waals surface area contributed by atoms with Crippen molar-refractivity contribution in [2.45, 2.75) is 65.6 Å². The Labute approximate surface area is 134 Å². The standard InChI is InChI=1S/C18H30N2O2/c1-6-7-16(13-20-17(21)22-18(3,4)5)19-12-15-10-8-14(2)9-11-15/h8-11,16,19H,6-7,12-13H2,1-5H3,(H,20,21). The lowest BCUT2D eigenvalue weighted by Gasteiger charge is -2.22. The second kappa shape index (κ2) is 8.79. The molecule has 0 fully saturated rings. The van der Waals surface area contributed by atoms with Gasteiger partial charge >= 0.3 is 6.09 Å². The Balaban J connectivity index is 2.41. The zero-order valence-electron chi connectivity index (χ0n) is 14.5. The van der Waals surface area contributed by atoms with Crippen molar-refractivity contribution in [2.75, 3.05) is 6.54 Å². The maximum absolute atomic E-state index is 11.7. The fraction of sp³-hybridized carbons (Fsp3) is 0.611. The predicted octanol–water partition coefficient (Wildman–Crippen LogP) is 3.78. The van der Waals surface area contributed by atoms with Gasteiger partial charge in [0.2, 0.25) is 0 Å². The van der Waals surface area contributed by atoms with E-state index in [0.29, 0.717) is 6.54 Å². The second-order valence-electron chi connectivity index (χ2n) is 6.73. The third-order valence-electron chi connectivity index (χ3n) is 3.24.